The largest absolute Gasteiger partial charge is 0.393 e. The highest BCUT2D eigenvalue weighted by Crippen LogP contribution is 2.34. The molecule has 14 heavy (non-hydrogen) atoms. The summed E-state index contributed by atoms with van der Waals surface area (Å²) in [5, 5.41) is 2.99. The predicted molar refractivity (Wildman–Crippen MR) is 60.9 cm³/mol. The topological polar surface area (TPSA) is 55.1 Å². The van der Waals surface area contributed by atoms with E-state index in [0.29, 0.717) is 4.99 Å². The van der Waals surface area contributed by atoms with Crippen LogP contribution in [0.1, 0.15) is 33.6 Å². The molecule has 0 saturated heterocycles. The zero-order valence-corrected chi connectivity index (χ0v) is 9.78. The van der Waals surface area contributed by atoms with Crippen LogP contribution in [-0.2, 0) is 4.79 Å². The first-order valence-corrected chi connectivity index (χ1v) is 5.38. The molecule has 4 heteroatoms. The molecule has 3 N–H and O–H groups in total. The molecule has 1 fully saturated rings. The summed E-state index contributed by atoms with van der Waals surface area (Å²) in [5.74, 6) is -0.190. The van der Waals surface area contributed by atoms with Crippen LogP contribution >= 0.6 is 12.2 Å². The standard InChI is InChI=1S/C10H18N2OS/c1-6(2)7(8(11)14)9(13)12-10(3)4-5-10/h6-7H,4-5H2,1-3H3,(H2,11,14)(H,12,13). The van der Waals surface area contributed by atoms with E-state index < -0.39 is 0 Å². The Kier molecular flexibility index (Phi) is 3.14. The molecule has 0 bridgehead atoms. The quantitative estimate of drug-likeness (QED) is 0.692. The molecule has 1 aliphatic rings. The fourth-order valence-electron chi connectivity index (χ4n) is 1.45. The van der Waals surface area contributed by atoms with Crippen LogP contribution in [0.3, 0.4) is 0 Å². The summed E-state index contributed by atoms with van der Waals surface area (Å²) in [4.78, 5) is 12.1. The second-order valence-corrected chi connectivity index (χ2v) is 5.15. The van der Waals surface area contributed by atoms with Gasteiger partial charge in [0, 0.05) is 5.54 Å². The minimum absolute atomic E-state index is 0.00894. The van der Waals surface area contributed by atoms with Gasteiger partial charge in [0.05, 0.1) is 10.9 Å². The van der Waals surface area contributed by atoms with Gasteiger partial charge in [0.15, 0.2) is 0 Å². The first kappa shape index (κ1) is 11.4. The first-order valence-electron chi connectivity index (χ1n) is 4.97. The van der Waals surface area contributed by atoms with Crippen molar-refractivity contribution in [2.24, 2.45) is 17.6 Å². The van der Waals surface area contributed by atoms with Crippen molar-refractivity contribution in [3.05, 3.63) is 0 Å². The minimum Gasteiger partial charge on any atom is -0.393 e. The summed E-state index contributed by atoms with van der Waals surface area (Å²) in [5.41, 5.74) is 5.56. The van der Waals surface area contributed by atoms with Crippen LogP contribution < -0.4 is 11.1 Å². The summed E-state index contributed by atoms with van der Waals surface area (Å²) in [6, 6.07) is 0. The van der Waals surface area contributed by atoms with Gasteiger partial charge < -0.3 is 11.1 Å². The van der Waals surface area contributed by atoms with E-state index in [1.807, 2.05) is 20.8 Å². The van der Waals surface area contributed by atoms with Crippen LogP contribution in [0.4, 0.5) is 0 Å². The number of thiocarbonyl (C=S) groups is 1. The molecule has 1 rings (SSSR count). The molecule has 1 atom stereocenters. The molecule has 1 amide bonds. The lowest BCUT2D eigenvalue weighted by molar-refractivity contribution is -0.124. The zero-order chi connectivity index (χ0) is 10.9. The minimum atomic E-state index is -0.331. The van der Waals surface area contributed by atoms with Gasteiger partial charge in [-0.25, -0.2) is 0 Å². The van der Waals surface area contributed by atoms with Crippen molar-refractivity contribution < 1.29 is 4.79 Å². The van der Waals surface area contributed by atoms with E-state index in [4.69, 9.17) is 18.0 Å². The van der Waals surface area contributed by atoms with Crippen molar-refractivity contribution in [2.75, 3.05) is 0 Å². The van der Waals surface area contributed by atoms with E-state index in [1.165, 1.54) is 0 Å². The Hall–Kier alpha value is -0.640. The zero-order valence-electron chi connectivity index (χ0n) is 8.96. The molecule has 0 aliphatic heterocycles. The number of carbonyl (C=O) groups excluding carboxylic acids is 1. The molecule has 1 saturated carbocycles. The van der Waals surface area contributed by atoms with Crippen LogP contribution in [0.5, 0.6) is 0 Å². The van der Waals surface area contributed by atoms with Gasteiger partial charge in [-0.05, 0) is 25.7 Å². The van der Waals surface area contributed by atoms with Crippen molar-refractivity contribution >= 4 is 23.1 Å². The average molecular weight is 214 g/mol. The van der Waals surface area contributed by atoms with Crippen molar-refractivity contribution in [2.45, 2.75) is 39.2 Å². The molecule has 3 nitrogen and oxygen atoms in total. The monoisotopic (exact) mass is 214 g/mol. The third-order valence-electron chi connectivity index (χ3n) is 2.68. The van der Waals surface area contributed by atoms with Crippen molar-refractivity contribution in [3.63, 3.8) is 0 Å². The van der Waals surface area contributed by atoms with E-state index in [1.54, 1.807) is 0 Å². The maximum Gasteiger partial charge on any atom is 0.230 e. The van der Waals surface area contributed by atoms with Crippen LogP contribution in [0.15, 0.2) is 0 Å². The summed E-state index contributed by atoms with van der Waals surface area (Å²) >= 11 is 4.90. The molecular weight excluding hydrogens is 196 g/mol. The van der Waals surface area contributed by atoms with Crippen LogP contribution in [0.2, 0.25) is 0 Å². The molecule has 0 aromatic heterocycles. The van der Waals surface area contributed by atoms with Crippen molar-refractivity contribution in [3.8, 4) is 0 Å². The third-order valence-corrected chi connectivity index (χ3v) is 2.93. The van der Waals surface area contributed by atoms with E-state index in [0.717, 1.165) is 12.8 Å². The molecule has 80 valence electrons. The van der Waals surface area contributed by atoms with Gasteiger partial charge in [0.25, 0.3) is 0 Å². The summed E-state index contributed by atoms with van der Waals surface area (Å²) in [7, 11) is 0. The lowest BCUT2D eigenvalue weighted by atomic mass is 9.94. The highest BCUT2D eigenvalue weighted by molar-refractivity contribution is 7.80. The fraction of sp³-hybridized carbons (Fsp3) is 0.800. The maximum atomic E-state index is 11.8. The molecule has 0 spiro atoms. The van der Waals surface area contributed by atoms with Gasteiger partial charge in [-0.1, -0.05) is 26.1 Å². The van der Waals surface area contributed by atoms with Gasteiger partial charge >= 0.3 is 0 Å². The van der Waals surface area contributed by atoms with E-state index in [2.05, 4.69) is 5.32 Å². The second-order valence-electron chi connectivity index (χ2n) is 4.67. The average Bonchev–Trinajstić information content (AvgIpc) is 2.64. The second kappa shape index (κ2) is 3.85. The summed E-state index contributed by atoms with van der Waals surface area (Å²) < 4.78 is 0. The number of hydrogen-bond donors (Lipinski definition) is 2. The number of carbonyl (C=O) groups is 1. The molecular formula is C10H18N2OS. The Labute approximate surface area is 90.4 Å². The molecule has 1 unspecified atom stereocenters. The van der Waals surface area contributed by atoms with Crippen LogP contribution in [0.25, 0.3) is 0 Å². The highest BCUT2D eigenvalue weighted by Gasteiger charge is 2.40. The molecule has 1 aliphatic carbocycles. The summed E-state index contributed by atoms with van der Waals surface area (Å²) in [6.07, 6.45) is 2.11. The molecule has 0 aromatic rings. The first-order chi connectivity index (χ1) is 6.36. The molecule has 0 aromatic carbocycles. The van der Waals surface area contributed by atoms with Crippen LogP contribution in [0, 0.1) is 11.8 Å². The number of nitrogens with one attached hydrogen (secondary N) is 1. The van der Waals surface area contributed by atoms with Crippen molar-refractivity contribution in [1.82, 2.24) is 5.32 Å². The van der Waals surface area contributed by atoms with Gasteiger partial charge in [0.1, 0.15) is 0 Å². The van der Waals surface area contributed by atoms with Crippen LogP contribution in [-0.4, -0.2) is 16.4 Å². The summed E-state index contributed by atoms with van der Waals surface area (Å²) in [6.45, 7) is 5.96. The van der Waals surface area contributed by atoms with Gasteiger partial charge in [-0.2, -0.15) is 0 Å². The van der Waals surface area contributed by atoms with Crippen molar-refractivity contribution in [1.29, 1.82) is 0 Å². The smallest absolute Gasteiger partial charge is 0.230 e. The Morgan fingerprint density at radius 1 is 1.50 bits per heavy atom. The number of amides is 1. The van der Waals surface area contributed by atoms with E-state index in [9.17, 15) is 4.79 Å². The van der Waals surface area contributed by atoms with E-state index in [-0.39, 0.29) is 23.3 Å². The number of nitrogens with two attached hydrogens (primary N) is 1. The Bertz CT molecular complexity index is 259. The Morgan fingerprint density at radius 3 is 2.29 bits per heavy atom. The van der Waals surface area contributed by atoms with Gasteiger partial charge in [-0.3, -0.25) is 4.79 Å². The Morgan fingerprint density at radius 2 is 2.00 bits per heavy atom. The fourth-order valence-corrected chi connectivity index (χ4v) is 1.83. The lowest BCUT2D eigenvalue weighted by Gasteiger charge is -2.21. The third kappa shape index (κ3) is 2.67. The molecule has 0 radical (unpaired) electrons. The normalized spacial score (nSPS) is 20.3. The Balaban J connectivity index is 2.59. The molecule has 0 heterocycles. The maximum absolute atomic E-state index is 11.8. The SMILES string of the molecule is CC(C)C(C(=O)NC1(C)CC1)C(N)=S. The van der Waals surface area contributed by atoms with Gasteiger partial charge in [0.2, 0.25) is 5.91 Å². The predicted octanol–water partition coefficient (Wildman–Crippen LogP) is 1.21. The highest BCUT2D eigenvalue weighted by atomic mass is 32.1. The van der Waals surface area contributed by atoms with E-state index >= 15 is 0 Å². The number of hydrogen-bond acceptors (Lipinski definition) is 2. The lowest BCUT2D eigenvalue weighted by Crippen LogP contribution is -2.45. The van der Waals surface area contributed by atoms with Gasteiger partial charge in [-0.15, -0.1) is 0 Å². The number of rotatable bonds is 4.